The maximum Gasteiger partial charge on any atom is 0.407 e. The number of benzene rings is 2. The maximum absolute atomic E-state index is 12.4. The largest absolute Gasteiger partial charge is 0.505 e. The summed E-state index contributed by atoms with van der Waals surface area (Å²) in [6.45, 7) is 0.0789. The summed E-state index contributed by atoms with van der Waals surface area (Å²) in [6, 6.07) is 17.4. The number of halogens is 1. The second-order valence-electron chi connectivity index (χ2n) is 7.18. The number of alkyl carbamates (subject to hydrolysis) is 1. The van der Waals surface area contributed by atoms with E-state index in [0.29, 0.717) is 5.69 Å². The van der Waals surface area contributed by atoms with Gasteiger partial charge >= 0.3 is 12.1 Å². The van der Waals surface area contributed by atoms with Gasteiger partial charge in [0.15, 0.2) is 10.9 Å². The molecule has 2 aromatic carbocycles. The first kappa shape index (κ1) is 20.7. The Morgan fingerprint density at radius 1 is 1.03 bits per heavy atom. The van der Waals surface area contributed by atoms with Crippen molar-refractivity contribution >= 4 is 23.7 Å². The zero-order chi connectivity index (χ0) is 22.0. The van der Waals surface area contributed by atoms with Crippen molar-refractivity contribution in [2.45, 2.75) is 18.4 Å². The molecule has 1 aliphatic carbocycles. The van der Waals surface area contributed by atoms with Crippen LogP contribution in [-0.4, -0.2) is 39.9 Å². The van der Waals surface area contributed by atoms with Crippen molar-refractivity contribution in [1.29, 1.82) is 0 Å². The summed E-state index contributed by atoms with van der Waals surface area (Å²) in [6.07, 6.45) is -0.946. The van der Waals surface area contributed by atoms with Gasteiger partial charge in [-0.15, -0.1) is 0 Å². The number of carbonyl (C=O) groups excluding carboxylic acids is 1. The van der Waals surface area contributed by atoms with E-state index in [1.807, 2.05) is 48.5 Å². The topological polar surface area (TPSA) is 109 Å². The monoisotopic (exact) mass is 438 g/mol. The number of hydrogen-bond donors (Lipinski definition) is 3. The summed E-state index contributed by atoms with van der Waals surface area (Å²) in [5, 5.41) is 21.1. The number of aromatic nitrogens is 1. The number of ether oxygens (including phenoxy) is 1. The van der Waals surface area contributed by atoms with Crippen molar-refractivity contribution < 1.29 is 24.5 Å². The number of carboxylic acids is 1. The molecule has 0 aliphatic heterocycles. The first-order chi connectivity index (χ1) is 14.9. The maximum atomic E-state index is 12.4. The molecule has 1 amide bonds. The highest BCUT2D eigenvalue weighted by Gasteiger charge is 2.30. The van der Waals surface area contributed by atoms with Crippen LogP contribution in [0.3, 0.4) is 0 Å². The predicted octanol–water partition coefficient (Wildman–Crippen LogP) is 3.98. The van der Waals surface area contributed by atoms with Crippen LogP contribution in [0.4, 0.5) is 4.79 Å². The average Bonchev–Trinajstić information content (AvgIpc) is 3.08. The van der Waals surface area contributed by atoms with Crippen molar-refractivity contribution in [2.24, 2.45) is 0 Å². The second-order valence-corrected chi connectivity index (χ2v) is 7.54. The third-order valence-electron chi connectivity index (χ3n) is 5.23. The molecule has 0 spiro atoms. The number of hydrogen-bond acceptors (Lipinski definition) is 5. The van der Waals surface area contributed by atoms with Gasteiger partial charge in [-0.1, -0.05) is 60.1 Å². The van der Waals surface area contributed by atoms with Crippen LogP contribution in [0.5, 0.6) is 5.75 Å². The summed E-state index contributed by atoms with van der Waals surface area (Å²) in [5.41, 5.74) is 4.65. The molecule has 0 bridgehead atoms. The number of nitrogens with zero attached hydrogens (tertiary/aromatic N) is 1. The molecule has 0 fully saturated rings. The predicted molar refractivity (Wildman–Crippen MR) is 114 cm³/mol. The number of carboxylic acid groups (broad SMARTS) is 1. The highest BCUT2D eigenvalue weighted by molar-refractivity contribution is 6.30. The fourth-order valence-corrected chi connectivity index (χ4v) is 3.94. The Bertz CT molecular complexity index is 1100. The minimum atomic E-state index is -1.26. The van der Waals surface area contributed by atoms with Crippen molar-refractivity contribution in [1.82, 2.24) is 10.3 Å². The average molecular weight is 439 g/mol. The third-order valence-corrected chi connectivity index (χ3v) is 5.51. The number of aliphatic carboxylic acids is 1. The quantitative estimate of drug-likeness (QED) is 0.502. The zero-order valence-corrected chi connectivity index (χ0v) is 17.0. The van der Waals surface area contributed by atoms with E-state index in [0.717, 1.165) is 22.3 Å². The highest BCUT2D eigenvalue weighted by Crippen LogP contribution is 2.44. The number of nitrogens with one attached hydrogen (secondary N) is 1. The molecule has 0 unspecified atom stereocenters. The van der Waals surface area contributed by atoms with E-state index < -0.39 is 18.1 Å². The summed E-state index contributed by atoms with van der Waals surface area (Å²) in [5.74, 6) is -1.57. The fraction of sp³-hybridized carbons (Fsp3) is 0.174. The highest BCUT2D eigenvalue weighted by atomic mass is 35.5. The van der Waals surface area contributed by atoms with E-state index in [1.165, 1.54) is 12.1 Å². The Labute approximate surface area is 183 Å². The standard InChI is InChI=1S/C23H19ClN2O5/c24-21-20(27)10-9-13(25-21)11-19(22(28)29)26-23(30)31-12-18-16-7-3-1-5-14(16)15-6-2-4-8-17(15)18/h1-10,18-19,27H,11-12H2,(H,26,30)(H,28,29)/t19-/m1/s1. The number of carbonyl (C=O) groups is 2. The number of aromatic hydroxyl groups is 1. The lowest BCUT2D eigenvalue weighted by Crippen LogP contribution is -2.43. The molecule has 31 heavy (non-hydrogen) atoms. The number of rotatable bonds is 6. The molecule has 1 aliphatic rings. The molecule has 4 rings (SSSR count). The lowest BCUT2D eigenvalue weighted by molar-refractivity contribution is -0.139. The molecular formula is C23H19ClN2O5. The van der Waals surface area contributed by atoms with Gasteiger partial charge in [0.05, 0.1) is 0 Å². The molecule has 7 nitrogen and oxygen atoms in total. The minimum Gasteiger partial charge on any atom is -0.505 e. The van der Waals surface area contributed by atoms with Crippen LogP contribution in [0.2, 0.25) is 5.15 Å². The van der Waals surface area contributed by atoms with Crippen LogP contribution in [0, 0.1) is 0 Å². The first-order valence-corrected chi connectivity index (χ1v) is 10.0. The van der Waals surface area contributed by atoms with Crippen LogP contribution in [0.25, 0.3) is 11.1 Å². The van der Waals surface area contributed by atoms with E-state index in [2.05, 4.69) is 10.3 Å². The summed E-state index contributed by atoms with van der Waals surface area (Å²) in [7, 11) is 0. The second kappa shape index (κ2) is 8.65. The number of pyridine rings is 1. The summed E-state index contributed by atoms with van der Waals surface area (Å²) in [4.78, 5) is 27.9. The van der Waals surface area contributed by atoms with Crippen LogP contribution < -0.4 is 5.32 Å². The van der Waals surface area contributed by atoms with Crippen molar-refractivity contribution in [3.05, 3.63) is 82.6 Å². The van der Waals surface area contributed by atoms with E-state index in [-0.39, 0.29) is 29.8 Å². The molecule has 8 heteroatoms. The molecule has 0 radical (unpaired) electrons. The van der Waals surface area contributed by atoms with Crippen molar-refractivity contribution in [3.63, 3.8) is 0 Å². The van der Waals surface area contributed by atoms with Crippen molar-refractivity contribution in [2.75, 3.05) is 6.61 Å². The smallest absolute Gasteiger partial charge is 0.407 e. The van der Waals surface area contributed by atoms with Crippen molar-refractivity contribution in [3.8, 4) is 16.9 Å². The summed E-state index contributed by atoms with van der Waals surface area (Å²) >= 11 is 5.77. The molecule has 1 aromatic heterocycles. The molecule has 3 aromatic rings. The van der Waals surface area contributed by atoms with Crippen LogP contribution >= 0.6 is 11.6 Å². The number of amides is 1. The lowest BCUT2D eigenvalue weighted by atomic mass is 9.98. The minimum absolute atomic E-state index is 0.0789. The van der Waals surface area contributed by atoms with E-state index >= 15 is 0 Å². The number of fused-ring (bicyclic) bond motifs is 3. The van der Waals surface area contributed by atoms with Gasteiger partial charge in [-0.2, -0.15) is 0 Å². The van der Waals surface area contributed by atoms with Crippen LogP contribution in [-0.2, 0) is 16.0 Å². The first-order valence-electron chi connectivity index (χ1n) is 9.62. The van der Waals surface area contributed by atoms with Gasteiger partial charge in [0.2, 0.25) is 0 Å². The van der Waals surface area contributed by atoms with E-state index in [1.54, 1.807) is 0 Å². The van der Waals surface area contributed by atoms with Gasteiger partial charge in [-0.25, -0.2) is 14.6 Å². The molecular weight excluding hydrogens is 420 g/mol. The Hall–Kier alpha value is -3.58. The van der Waals surface area contributed by atoms with Crippen LogP contribution in [0.15, 0.2) is 60.7 Å². The molecule has 0 saturated heterocycles. The Morgan fingerprint density at radius 3 is 2.23 bits per heavy atom. The molecule has 0 saturated carbocycles. The Balaban J connectivity index is 1.43. The van der Waals surface area contributed by atoms with Gasteiger partial charge in [-0.05, 0) is 34.4 Å². The van der Waals surface area contributed by atoms with Gasteiger partial charge < -0.3 is 20.3 Å². The zero-order valence-electron chi connectivity index (χ0n) is 16.3. The Morgan fingerprint density at radius 2 is 1.65 bits per heavy atom. The molecule has 1 atom stereocenters. The van der Waals surface area contributed by atoms with E-state index in [9.17, 15) is 19.8 Å². The normalized spacial score (nSPS) is 13.2. The fourth-order valence-electron chi connectivity index (χ4n) is 3.77. The molecule has 158 valence electrons. The summed E-state index contributed by atoms with van der Waals surface area (Å²) < 4.78 is 5.40. The van der Waals surface area contributed by atoms with Gasteiger partial charge in [0.25, 0.3) is 0 Å². The van der Waals surface area contributed by atoms with Crippen LogP contribution in [0.1, 0.15) is 22.7 Å². The Kier molecular flexibility index (Phi) is 5.77. The molecule has 1 heterocycles. The van der Waals surface area contributed by atoms with E-state index in [4.69, 9.17) is 16.3 Å². The van der Waals surface area contributed by atoms with Gasteiger partial charge in [-0.3, -0.25) is 0 Å². The van der Waals surface area contributed by atoms with Gasteiger partial charge in [0, 0.05) is 18.0 Å². The molecule has 3 N–H and O–H groups in total. The van der Waals surface area contributed by atoms with Gasteiger partial charge in [0.1, 0.15) is 12.6 Å². The third kappa shape index (κ3) is 4.32. The SMILES string of the molecule is O=C(N[C@H](Cc1ccc(O)c(Cl)n1)C(=O)O)OCC1c2ccccc2-c2ccccc21. The lowest BCUT2D eigenvalue weighted by Gasteiger charge is -2.17.